The lowest BCUT2D eigenvalue weighted by atomic mass is 10.2. The van der Waals surface area contributed by atoms with Crippen LogP contribution in [0, 0.1) is 10.1 Å². The minimum Gasteiger partial charge on any atom is -0.395 e. The molecule has 2 heterocycles. The summed E-state index contributed by atoms with van der Waals surface area (Å²) < 4.78 is 1.63. The van der Waals surface area contributed by atoms with Crippen molar-refractivity contribution in [1.82, 2.24) is 14.9 Å². The Morgan fingerprint density at radius 1 is 1.74 bits per heavy atom. The van der Waals surface area contributed by atoms with E-state index in [1.807, 2.05) is 4.90 Å². The van der Waals surface area contributed by atoms with E-state index < -0.39 is 4.92 Å². The molecule has 1 aromatic rings. The van der Waals surface area contributed by atoms with E-state index in [9.17, 15) is 10.1 Å². The molecule has 0 aromatic carbocycles. The number of aromatic nitrogens is 2. The van der Waals surface area contributed by atoms with E-state index >= 15 is 0 Å². The number of hydrogen-bond donors (Lipinski definition) is 2. The predicted molar refractivity (Wildman–Crippen MR) is 70.2 cm³/mol. The third-order valence-electron chi connectivity index (χ3n) is 3.33. The molecule has 8 nitrogen and oxygen atoms in total. The van der Waals surface area contributed by atoms with Gasteiger partial charge in [0.2, 0.25) is 12.1 Å². The topological polar surface area (TPSA) is 96.5 Å². The summed E-state index contributed by atoms with van der Waals surface area (Å²) in [6.45, 7) is 1.93. The maximum Gasteiger partial charge on any atom is 0.406 e. The van der Waals surface area contributed by atoms with Gasteiger partial charge in [0.05, 0.1) is 6.61 Å². The quantitative estimate of drug-likeness (QED) is 0.552. The molecule has 1 fully saturated rings. The normalized spacial score (nSPS) is 18.7. The fraction of sp³-hybridized carbons (Fsp3) is 0.727. The Kier molecular flexibility index (Phi) is 4.33. The Balaban J connectivity index is 2.21. The maximum atomic E-state index is 11.0. The van der Waals surface area contributed by atoms with Crippen LogP contribution in [0.1, 0.15) is 12.8 Å². The van der Waals surface area contributed by atoms with Crippen molar-refractivity contribution >= 4 is 11.6 Å². The van der Waals surface area contributed by atoms with E-state index in [1.54, 1.807) is 11.6 Å². The first-order valence-corrected chi connectivity index (χ1v) is 6.38. The first kappa shape index (κ1) is 13.8. The fourth-order valence-corrected chi connectivity index (χ4v) is 2.49. The monoisotopic (exact) mass is 269 g/mol. The number of aliphatic hydroxyl groups is 1. The second-order valence-corrected chi connectivity index (χ2v) is 4.72. The first-order chi connectivity index (χ1) is 9.13. The highest BCUT2D eigenvalue weighted by atomic mass is 16.6. The summed E-state index contributed by atoms with van der Waals surface area (Å²) in [5, 5.41) is 23.5. The molecule has 1 aliphatic heterocycles. The van der Waals surface area contributed by atoms with Crippen molar-refractivity contribution in [2.75, 3.05) is 31.1 Å². The smallest absolute Gasteiger partial charge is 0.395 e. The van der Waals surface area contributed by atoms with Crippen LogP contribution in [-0.4, -0.2) is 51.9 Å². The van der Waals surface area contributed by atoms with E-state index in [0.29, 0.717) is 24.9 Å². The Hall–Kier alpha value is -1.67. The van der Waals surface area contributed by atoms with Crippen LogP contribution in [0.5, 0.6) is 0 Å². The van der Waals surface area contributed by atoms with E-state index in [0.717, 1.165) is 19.4 Å². The van der Waals surface area contributed by atoms with Crippen molar-refractivity contribution in [2.45, 2.75) is 18.9 Å². The van der Waals surface area contributed by atoms with Gasteiger partial charge in [-0.2, -0.15) is 0 Å². The zero-order chi connectivity index (χ0) is 13.8. The molecular weight excluding hydrogens is 250 g/mol. The zero-order valence-corrected chi connectivity index (χ0v) is 10.9. The highest BCUT2D eigenvalue weighted by Gasteiger charge is 2.27. The summed E-state index contributed by atoms with van der Waals surface area (Å²) in [7, 11) is 1.72. The molecule has 1 saturated heterocycles. The van der Waals surface area contributed by atoms with Crippen molar-refractivity contribution in [2.24, 2.45) is 7.05 Å². The third-order valence-corrected chi connectivity index (χ3v) is 3.33. The average molecular weight is 269 g/mol. The van der Waals surface area contributed by atoms with E-state index in [2.05, 4.69) is 10.3 Å². The largest absolute Gasteiger partial charge is 0.406 e. The van der Waals surface area contributed by atoms with Gasteiger partial charge in [0.15, 0.2) is 0 Å². The molecule has 0 radical (unpaired) electrons. The van der Waals surface area contributed by atoms with Gasteiger partial charge in [0.1, 0.15) is 0 Å². The van der Waals surface area contributed by atoms with Crippen molar-refractivity contribution in [3.63, 3.8) is 0 Å². The molecule has 106 valence electrons. The predicted octanol–water partition coefficient (Wildman–Crippen LogP) is -0.121. The van der Waals surface area contributed by atoms with Gasteiger partial charge >= 0.3 is 5.82 Å². The second-order valence-electron chi connectivity index (χ2n) is 4.72. The lowest BCUT2D eigenvalue weighted by molar-refractivity contribution is -0.388. The van der Waals surface area contributed by atoms with Crippen LogP contribution in [0.3, 0.4) is 0 Å². The average Bonchev–Trinajstić information content (AvgIpc) is 2.97. The Labute approximate surface area is 111 Å². The zero-order valence-electron chi connectivity index (χ0n) is 10.9. The molecule has 1 unspecified atom stereocenters. The number of nitrogens with zero attached hydrogens (tertiary/aromatic N) is 4. The SMILES string of the molecule is Cn1cnc([N+](=O)[O-])c1N(CCO)CC1CCCN1. The summed E-state index contributed by atoms with van der Waals surface area (Å²) in [6.07, 6.45) is 3.60. The highest BCUT2D eigenvalue weighted by molar-refractivity contribution is 5.54. The van der Waals surface area contributed by atoms with E-state index in [-0.39, 0.29) is 12.4 Å². The number of rotatable bonds is 6. The molecule has 0 amide bonds. The molecule has 0 saturated carbocycles. The van der Waals surface area contributed by atoms with Crippen LogP contribution in [-0.2, 0) is 7.05 Å². The van der Waals surface area contributed by atoms with Crippen molar-refractivity contribution in [3.8, 4) is 0 Å². The van der Waals surface area contributed by atoms with Crippen LogP contribution >= 0.6 is 0 Å². The van der Waals surface area contributed by atoms with Gasteiger partial charge < -0.3 is 25.4 Å². The van der Waals surface area contributed by atoms with Crippen LogP contribution in [0.15, 0.2) is 6.33 Å². The minimum atomic E-state index is -0.484. The van der Waals surface area contributed by atoms with Crippen LogP contribution < -0.4 is 10.2 Å². The number of aryl methyl sites for hydroxylation is 1. The van der Waals surface area contributed by atoms with Crippen molar-refractivity contribution in [3.05, 3.63) is 16.4 Å². The van der Waals surface area contributed by atoms with Gasteiger partial charge in [-0.05, 0) is 29.3 Å². The fourth-order valence-electron chi connectivity index (χ4n) is 2.49. The number of aliphatic hydroxyl groups excluding tert-OH is 1. The van der Waals surface area contributed by atoms with Gasteiger partial charge in [-0.1, -0.05) is 0 Å². The Morgan fingerprint density at radius 3 is 3.11 bits per heavy atom. The molecule has 19 heavy (non-hydrogen) atoms. The first-order valence-electron chi connectivity index (χ1n) is 6.38. The van der Waals surface area contributed by atoms with Crippen LogP contribution in [0.2, 0.25) is 0 Å². The van der Waals surface area contributed by atoms with Crippen molar-refractivity contribution < 1.29 is 10.0 Å². The molecular formula is C11H19N5O3. The molecule has 2 rings (SSSR count). The van der Waals surface area contributed by atoms with Crippen LogP contribution in [0.4, 0.5) is 11.6 Å². The van der Waals surface area contributed by atoms with Gasteiger partial charge in [0.25, 0.3) is 0 Å². The standard InChI is InChI=1S/C11H19N5O3/c1-14-8-13-10(16(18)19)11(14)15(5-6-17)7-9-3-2-4-12-9/h8-9,12,17H,2-7H2,1H3. The molecule has 0 aliphatic carbocycles. The highest BCUT2D eigenvalue weighted by Crippen LogP contribution is 2.26. The summed E-state index contributed by atoms with van der Waals surface area (Å²) >= 11 is 0. The third kappa shape index (κ3) is 3.02. The Morgan fingerprint density at radius 2 is 2.53 bits per heavy atom. The molecule has 8 heteroatoms. The molecule has 1 aromatic heterocycles. The van der Waals surface area contributed by atoms with Crippen LogP contribution in [0.25, 0.3) is 0 Å². The molecule has 2 N–H and O–H groups in total. The van der Waals surface area contributed by atoms with Gasteiger partial charge in [-0.3, -0.25) is 4.57 Å². The number of imidazole rings is 1. The van der Waals surface area contributed by atoms with E-state index in [1.165, 1.54) is 6.33 Å². The number of hydrogen-bond acceptors (Lipinski definition) is 6. The summed E-state index contributed by atoms with van der Waals surface area (Å²) in [5.74, 6) is 0.293. The summed E-state index contributed by atoms with van der Waals surface area (Å²) in [4.78, 5) is 16.2. The lowest BCUT2D eigenvalue weighted by Crippen LogP contribution is -2.40. The summed E-state index contributed by atoms with van der Waals surface area (Å²) in [6, 6.07) is 0.307. The van der Waals surface area contributed by atoms with Crippen molar-refractivity contribution in [1.29, 1.82) is 0 Å². The second kappa shape index (κ2) is 5.98. The van der Waals surface area contributed by atoms with Gasteiger partial charge in [-0.15, -0.1) is 0 Å². The minimum absolute atomic E-state index is 0.0466. The number of nitrogens with one attached hydrogen (secondary N) is 1. The number of nitro groups is 1. The molecule has 0 bridgehead atoms. The van der Waals surface area contributed by atoms with Gasteiger partial charge in [-0.25, -0.2) is 0 Å². The summed E-state index contributed by atoms with van der Waals surface area (Å²) in [5.41, 5.74) is 0. The van der Waals surface area contributed by atoms with E-state index in [4.69, 9.17) is 5.11 Å². The lowest BCUT2D eigenvalue weighted by Gasteiger charge is -2.26. The molecule has 1 aliphatic rings. The Bertz CT molecular complexity index is 442. The number of anilines is 1. The van der Waals surface area contributed by atoms with Gasteiger partial charge in [0, 0.05) is 26.2 Å². The maximum absolute atomic E-state index is 11.0. The molecule has 1 atom stereocenters. The molecule has 0 spiro atoms.